The molecular weight excluding hydrogens is 288 g/mol. The molecule has 0 radical (unpaired) electrons. The quantitative estimate of drug-likeness (QED) is 0.834. The summed E-state index contributed by atoms with van der Waals surface area (Å²) in [6, 6.07) is 0.646. The zero-order valence-electron chi connectivity index (χ0n) is 12.7. The van der Waals surface area contributed by atoms with Crippen LogP contribution in [0, 0.1) is 5.92 Å². The Kier molecular flexibility index (Phi) is 4.07. The zero-order chi connectivity index (χ0) is 15.0. The van der Waals surface area contributed by atoms with E-state index in [4.69, 9.17) is 0 Å². The summed E-state index contributed by atoms with van der Waals surface area (Å²) in [4.78, 5) is 0. The van der Waals surface area contributed by atoms with Crippen molar-refractivity contribution < 1.29 is 8.42 Å². The molecule has 118 valence electrons. The number of aromatic amines is 1. The first-order valence-electron chi connectivity index (χ1n) is 7.77. The van der Waals surface area contributed by atoms with Gasteiger partial charge in [0.15, 0.2) is 5.03 Å². The van der Waals surface area contributed by atoms with E-state index in [2.05, 4.69) is 29.4 Å². The summed E-state index contributed by atoms with van der Waals surface area (Å²) < 4.78 is 27.5. The van der Waals surface area contributed by atoms with Crippen LogP contribution < -0.4 is 5.32 Å². The molecule has 1 aliphatic carbocycles. The third-order valence-electron chi connectivity index (χ3n) is 4.42. The van der Waals surface area contributed by atoms with Gasteiger partial charge in [0.2, 0.25) is 0 Å². The molecule has 2 fully saturated rings. The number of nitrogens with one attached hydrogen (secondary N) is 2. The first kappa shape index (κ1) is 15.0. The number of rotatable bonds is 6. The van der Waals surface area contributed by atoms with Crippen LogP contribution in [0.25, 0.3) is 0 Å². The van der Waals surface area contributed by atoms with Crippen molar-refractivity contribution in [2.45, 2.75) is 63.2 Å². The molecule has 21 heavy (non-hydrogen) atoms. The molecule has 6 nitrogen and oxygen atoms in total. The smallest absolute Gasteiger partial charge is 0.260 e. The zero-order valence-corrected chi connectivity index (χ0v) is 13.5. The van der Waals surface area contributed by atoms with Gasteiger partial charge in [0.1, 0.15) is 0 Å². The maximum absolute atomic E-state index is 12.9. The van der Waals surface area contributed by atoms with Crippen LogP contribution in [0.2, 0.25) is 0 Å². The second kappa shape index (κ2) is 5.70. The third-order valence-corrected chi connectivity index (χ3v) is 6.36. The molecule has 2 heterocycles. The average molecular weight is 312 g/mol. The fourth-order valence-corrected chi connectivity index (χ4v) is 4.97. The van der Waals surface area contributed by atoms with Gasteiger partial charge in [-0.05, 0) is 31.6 Å². The number of nitrogens with zero attached hydrogens (tertiary/aromatic N) is 2. The predicted octanol–water partition coefficient (Wildman–Crippen LogP) is 1.47. The van der Waals surface area contributed by atoms with E-state index in [0.717, 1.165) is 18.4 Å². The van der Waals surface area contributed by atoms with Gasteiger partial charge in [-0.1, -0.05) is 13.8 Å². The summed E-state index contributed by atoms with van der Waals surface area (Å²) in [5.41, 5.74) is 0.747. The van der Waals surface area contributed by atoms with Crippen LogP contribution in [0.4, 0.5) is 0 Å². The molecule has 1 unspecified atom stereocenters. The van der Waals surface area contributed by atoms with Crippen molar-refractivity contribution in [2.75, 3.05) is 6.54 Å². The van der Waals surface area contributed by atoms with E-state index in [9.17, 15) is 8.42 Å². The Hall–Kier alpha value is -0.920. The van der Waals surface area contributed by atoms with Crippen molar-refractivity contribution in [3.05, 3.63) is 11.8 Å². The van der Waals surface area contributed by atoms with E-state index in [1.54, 1.807) is 10.5 Å². The lowest BCUT2D eigenvalue weighted by molar-refractivity contribution is 0.314. The van der Waals surface area contributed by atoms with Crippen molar-refractivity contribution in [1.82, 2.24) is 19.8 Å². The molecule has 3 rings (SSSR count). The molecule has 1 aromatic heterocycles. The molecule has 0 aromatic carbocycles. The van der Waals surface area contributed by atoms with Gasteiger partial charge in [-0.15, -0.1) is 0 Å². The monoisotopic (exact) mass is 312 g/mol. The molecule has 0 bridgehead atoms. The number of aromatic nitrogens is 2. The minimum Gasteiger partial charge on any atom is -0.310 e. The fraction of sp³-hybridized carbons (Fsp3) is 0.786. The third kappa shape index (κ3) is 3.00. The van der Waals surface area contributed by atoms with E-state index in [-0.39, 0.29) is 11.1 Å². The molecular formula is C14H24N4O2S. The highest BCUT2D eigenvalue weighted by molar-refractivity contribution is 7.89. The molecule has 2 aliphatic rings. The highest BCUT2D eigenvalue weighted by Crippen LogP contribution is 2.30. The molecule has 0 spiro atoms. The summed E-state index contributed by atoms with van der Waals surface area (Å²) in [5.74, 6) is 0.332. The van der Waals surface area contributed by atoms with Crippen molar-refractivity contribution in [2.24, 2.45) is 5.92 Å². The molecule has 2 N–H and O–H groups in total. The van der Waals surface area contributed by atoms with Crippen LogP contribution in [-0.4, -0.2) is 41.5 Å². The van der Waals surface area contributed by atoms with Crippen LogP contribution in [0.5, 0.6) is 0 Å². The van der Waals surface area contributed by atoms with Crippen LogP contribution in [0.15, 0.2) is 11.2 Å². The molecule has 1 saturated heterocycles. The first-order valence-corrected chi connectivity index (χ1v) is 9.21. The second-order valence-corrected chi connectivity index (χ2v) is 8.28. The molecule has 7 heteroatoms. The molecule has 1 aliphatic heterocycles. The average Bonchev–Trinajstić information content (AvgIpc) is 2.95. The minimum atomic E-state index is -3.47. The maximum atomic E-state index is 12.9. The fourth-order valence-electron chi connectivity index (χ4n) is 3.04. The van der Waals surface area contributed by atoms with Gasteiger partial charge in [0.05, 0.1) is 6.20 Å². The molecule has 0 amide bonds. The summed E-state index contributed by atoms with van der Waals surface area (Å²) >= 11 is 0. The minimum absolute atomic E-state index is 0.0996. The van der Waals surface area contributed by atoms with Crippen LogP contribution in [0.3, 0.4) is 0 Å². The lowest BCUT2D eigenvalue weighted by Gasteiger charge is -2.26. The summed E-state index contributed by atoms with van der Waals surface area (Å²) in [5, 5.41) is 10.3. The number of hydrogen-bond acceptors (Lipinski definition) is 4. The second-order valence-electron chi connectivity index (χ2n) is 6.45. The topological polar surface area (TPSA) is 78.1 Å². The van der Waals surface area contributed by atoms with Crippen molar-refractivity contribution >= 4 is 10.0 Å². The predicted molar refractivity (Wildman–Crippen MR) is 80.2 cm³/mol. The lowest BCUT2D eigenvalue weighted by Crippen LogP contribution is -2.39. The Morgan fingerprint density at radius 2 is 2.19 bits per heavy atom. The highest BCUT2D eigenvalue weighted by atomic mass is 32.2. The van der Waals surface area contributed by atoms with Crippen LogP contribution in [-0.2, 0) is 16.6 Å². The molecule has 1 atom stereocenters. The maximum Gasteiger partial charge on any atom is 0.260 e. The Morgan fingerprint density at radius 3 is 2.86 bits per heavy atom. The Bertz CT molecular complexity index is 592. The lowest BCUT2D eigenvalue weighted by atomic mass is 10.0. The van der Waals surface area contributed by atoms with E-state index in [1.165, 1.54) is 12.8 Å². The Morgan fingerprint density at radius 1 is 1.43 bits per heavy atom. The van der Waals surface area contributed by atoms with E-state index in [0.29, 0.717) is 25.0 Å². The summed E-state index contributed by atoms with van der Waals surface area (Å²) in [7, 11) is -3.47. The van der Waals surface area contributed by atoms with Crippen LogP contribution in [0.1, 0.15) is 45.1 Å². The Balaban J connectivity index is 1.82. The van der Waals surface area contributed by atoms with Crippen LogP contribution >= 0.6 is 0 Å². The van der Waals surface area contributed by atoms with E-state index >= 15 is 0 Å². The van der Waals surface area contributed by atoms with Gasteiger partial charge in [-0.25, -0.2) is 8.42 Å². The largest absolute Gasteiger partial charge is 0.310 e. The van der Waals surface area contributed by atoms with Gasteiger partial charge in [-0.3, -0.25) is 5.10 Å². The van der Waals surface area contributed by atoms with Gasteiger partial charge in [0.25, 0.3) is 10.0 Å². The normalized spacial score (nSPS) is 24.0. The van der Waals surface area contributed by atoms with Crippen molar-refractivity contribution in [3.8, 4) is 0 Å². The van der Waals surface area contributed by atoms with Gasteiger partial charge in [-0.2, -0.15) is 9.40 Å². The molecule has 1 saturated carbocycles. The summed E-state index contributed by atoms with van der Waals surface area (Å²) in [6.45, 7) is 5.34. The standard InChI is InChI=1S/C14H24N4O2S/c1-10(2)13-4-3-7-18(13)21(19,20)14-11(9-16-17-14)8-15-12-5-6-12/h9-10,12-13,15H,3-8H2,1-2H3,(H,16,17). The van der Waals surface area contributed by atoms with Gasteiger partial charge >= 0.3 is 0 Å². The number of hydrogen-bond donors (Lipinski definition) is 2. The van der Waals surface area contributed by atoms with Gasteiger partial charge in [0, 0.05) is 30.7 Å². The van der Waals surface area contributed by atoms with E-state index < -0.39 is 10.0 Å². The highest BCUT2D eigenvalue weighted by Gasteiger charge is 2.38. The first-order chi connectivity index (χ1) is 10.00. The van der Waals surface area contributed by atoms with Gasteiger partial charge < -0.3 is 5.32 Å². The number of sulfonamides is 1. The molecule has 1 aromatic rings. The number of H-pyrrole nitrogens is 1. The SMILES string of the molecule is CC(C)C1CCCN1S(=O)(=O)c1[nH]ncc1CNC1CC1. The van der Waals surface area contributed by atoms with Crippen molar-refractivity contribution in [3.63, 3.8) is 0 Å². The van der Waals surface area contributed by atoms with E-state index in [1.807, 2.05) is 0 Å². The Labute approximate surface area is 126 Å². The van der Waals surface area contributed by atoms with Crippen molar-refractivity contribution in [1.29, 1.82) is 0 Å². The summed E-state index contributed by atoms with van der Waals surface area (Å²) in [6.07, 6.45) is 5.87.